The summed E-state index contributed by atoms with van der Waals surface area (Å²) in [7, 11) is -1.78. The first kappa shape index (κ1) is 18.1. The molecule has 3 aliphatic rings. The molecule has 0 amide bonds. The van der Waals surface area contributed by atoms with Gasteiger partial charge in [-0.05, 0) is 96.6 Å². The van der Waals surface area contributed by atoms with Crippen molar-refractivity contribution >= 4 is 13.9 Å². The third-order valence-electron chi connectivity index (χ3n) is 7.21. The number of rotatable bonds is 3. The Balaban J connectivity index is 1.54. The van der Waals surface area contributed by atoms with Gasteiger partial charge in [-0.2, -0.15) is 0 Å². The summed E-state index contributed by atoms with van der Waals surface area (Å²) in [5, 5.41) is 11.0. The van der Waals surface area contributed by atoms with Crippen molar-refractivity contribution in [1.29, 1.82) is 0 Å². The number of hydrogen-bond acceptors (Lipinski definition) is 2. The molecule has 0 aromatic heterocycles. The summed E-state index contributed by atoms with van der Waals surface area (Å²) >= 11 is 0. The van der Waals surface area contributed by atoms with E-state index in [4.69, 9.17) is 4.43 Å². The summed E-state index contributed by atoms with van der Waals surface area (Å²) in [6.07, 6.45) is 7.52. The zero-order chi connectivity index (χ0) is 18.7. The van der Waals surface area contributed by atoms with Crippen LogP contribution in [0.5, 0.6) is 5.75 Å². The molecule has 2 atom stereocenters. The lowest BCUT2D eigenvalue weighted by Gasteiger charge is -2.40. The zero-order valence-electron chi connectivity index (χ0n) is 16.9. The fraction of sp³-hybridized carbons (Fsp3) is 0.565. The van der Waals surface area contributed by atoms with E-state index in [9.17, 15) is 5.11 Å². The molecule has 0 radical (unpaired) electrons. The van der Waals surface area contributed by atoms with Crippen LogP contribution in [0.4, 0.5) is 0 Å². The molecule has 3 aliphatic carbocycles. The third-order valence-corrected chi connectivity index (χ3v) is 11.6. The van der Waals surface area contributed by atoms with Crippen LogP contribution in [0.2, 0.25) is 18.1 Å². The summed E-state index contributed by atoms with van der Waals surface area (Å²) in [6.45, 7) is 11.4. The molecule has 3 heteroatoms. The Bertz CT molecular complexity index is 779. The first-order valence-corrected chi connectivity index (χ1v) is 13.0. The number of allylic oxidation sites excluding steroid dienone is 3. The highest BCUT2D eigenvalue weighted by Gasteiger charge is 2.45. The Morgan fingerprint density at radius 2 is 1.81 bits per heavy atom. The lowest BCUT2D eigenvalue weighted by Crippen LogP contribution is -2.43. The molecule has 0 saturated heterocycles. The van der Waals surface area contributed by atoms with Gasteiger partial charge in [0.05, 0.1) is 5.60 Å². The first-order chi connectivity index (χ1) is 12.1. The second-order valence-corrected chi connectivity index (χ2v) is 14.7. The topological polar surface area (TPSA) is 29.5 Å². The fourth-order valence-electron chi connectivity index (χ4n) is 4.43. The molecule has 1 saturated carbocycles. The molecule has 0 unspecified atom stereocenters. The summed E-state index contributed by atoms with van der Waals surface area (Å²) < 4.78 is 6.41. The van der Waals surface area contributed by atoms with Crippen molar-refractivity contribution < 1.29 is 9.53 Å². The Hall–Kier alpha value is -1.32. The molecule has 0 spiro atoms. The standard InChI is InChI=1S/C23H32O2Si/c1-22(2,3)26(4,5)25-19-10-8-16(9-11-19)20-13-17-15-23(24)12-6-7-18(23)14-21(17)20/h8-11,15,18,24H,6-7,12-14H2,1-5H3/t18-,23+/m1/s1. The Kier molecular flexibility index (Phi) is 4.05. The third kappa shape index (κ3) is 2.89. The second kappa shape index (κ2) is 5.84. The fourth-order valence-corrected chi connectivity index (χ4v) is 5.47. The van der Waals surface area contributed by atoms with Gasteiger partial charge in [-0.1, -0.05) is 32.9 Å². The number of fused-ring (bicyclic) bond motifs is 2. The molecule has 1 aromatic carbocycles. The molecule has 26 heavy (non-hydrogen) atoms. The van der Waals surface area contributed by atoms with Crippen molar-refractivity contribution in [1.82, 2.24) is 0 Å². The molecule has 0 heterocycles. The number of aliphatic hydroxyl groups is 1. The predicted octanol–water partition coefficient (Wildman–Crippen LogP) is 6.09. The average molecular weight is 369 g/mol. The molecule has 1 fully saturated rings. The van der Waals surface area contributed by atoms with E-state index in [-0.39, 0.29) is 5.04 Å². The molecule has 2 nitrogen and oxygen atoms in total. The second-order valence-electron chi connectivity index (χ2n) is 9.97. The molecule has 0 aliphatic heterocycles. The van der Waals surface area contributed by atoms with Crippen molar-refractivity contribution in [2.24, 2.45) is 5.92 Å². The maximum Gasteiger partial charge on any atom is 0.250 e. The van der Waals surface area contributed by atoms with E-state index in [0.717, 1.165) is 37.9 Å². The minimum absolute atomic E-state index is 0.212. The number of benzene rings is 1. The summed E-state index contributed by atoms with van der Waals surface area (Å²) in [4.78, 5) is 0. The molecule has 0 bridgehead atoms. The SMILES string of the molecule is CC(C)(C)[Si](C)(C)Oc1ccc(C2=C3C[C@H]4CCC[C@]4(O)C=C3C2)cc1. The van der Waals surface area contributed by atoms with Crippen LogP contribution in [0.3, 0.4) is 0 Å². The molecule has 1 N–H and O–H groups in total. The summed E-state index contributed by atoms with van der Waals surface area (Å²) in [5.41, 5.74) is 5.18. The van der Waals surface area contributed by atoms with Gasteiger partial charge < -0.3 is 9.53 Å². The van der Waals surface area contributed by atoms with Gasteiger partial charge in [-0.15, -0.1) is 0 Å². The van der Waals surface area contributed by atoms with Crippen molar-refractivity contribution in [2.45, 2.75) is 76.6 Å². The van der Waals surface area contributed by atoms with Gasteiger partial charge in [-0.25, -0.2) is 0 Å². The Labute approximate surface area is 159 Å². The largest absolute Gasteiger partial charge is 0.544 e. The molecular weight excluding hydrogens is 336 g/mol. The van der Waals surface area contributed by atoms with Crippen molar-refractivity contribution in [3.8, 4) is 5.75 Å². The van der Waals surface area contributed by atoms with E-state index >= 15 is 0 Å². The van der Waals surface area contributed by atoms with Crippen LogP contribution in [-0.4, -0.2) is 19.0 Å². The van der Waals surface area contributed by atoms with E-state index in [1.807, 2.05) is 0 Å². The minimum atomic E-state index is -1.78. The van der Waals surface area contributed by atoms with Gasteiger partial charge >= 0.3 is 0 Å². The van der Waals surface area contributed by atoms with Gasteiger partial charge in [0, 0.05) is 0 Å². The van der Waals surface area contributed by atoms with E-state index in [1.54, 1.807) is 0 Å². The van der Waals surface area contributed by atoms with Gasteiger partial charge in [0.1, 0.15) is 5.75 Å². The van der Waals surface area contributed by atoms with E-state index in [2.05, 4.69) is 64.2 Å². The van der Waals surface area contributed by atoms with Crippen LogP contribution >= 0.6 is 0 Å². The van der Waals surface area contributed by atoms with Gasteiger partial charge in [0.2, 0.25) is 8.32 Å². The zero-order valence-corrected chi connectivity index (χ0v) is 17.9. The smallest absolute Gasteiger partial charge is 0.250 e. The van der Waals surface area contributed by atoms with Crippen LogP contribution in [-0.2, 0) is 0 Å². The van der Waals surface area contributed by atoms with Gasteiger partial charge in [0.25, 0.3) is 0 Å². The maximum atomic E-state index is 10.8. The van der Waals surface area contributed by atoms with E-state index in [1.165, 1.54) is 22.3 Å². The van der Waals surface area contributed by atoms with Crippen LogP contribution in [0, 0.1) is 5.92 Å². The summed E-state index contributed by atoms with van der Waals surface area (Å²) in [5.74, 6) is 1.42. The Morgan fingerprint density at radius 1 is 1.12 bits per heavy atom. The average Bonchev–Trinajstić information content (AvgIpc) is 2.90. The first-order valence-electron chi connectivity index (χ1n) is 10.0. The quantitative estimate of drug-likeness (QED) is 0.654. The van der Waals surface area contributed by atoms with Gasteiger partial charge in [0.15, 0.2) is 0 Å². The van der Waals surface area contributed by atoms with E-state index < -0.39 is 13.9 Å². The molecule has 140 valence electrons. The van der Waals surface area contributed by atoms with Crippen molar-refractivity contribution in [3.05, 3.63) is 47.1 Å². The highest BCUT2D eigenvalue weighted by atomic mass is 28.4. The van der Waals surface area contributed by atoms with Crippen molar-refractivity contribution in [2.75, 3.05) is 0 Å². The van der Waals surface area contributed by atoms with Crippen LogP contribution in [0.1, 0.15) is 58.4 Å². The normalized spacial score (nSPS) is 28.2. The predicted molar refractivity (Wildman–Crippen MR) is 111 cm³/mol. The van der Waals surface area contributed by atoms with Crippen LogP contribution < -0.4 is 4.43 Å². The van der Waals surface area contributed by atoms with E-state index in [0.29, 0.717) is 5.92 Å². The molecule has 4 rings (SSSR count). The van der Waals surface area contributed by atoms with Crippen LogP contribution in [0.15, 0.2) is 41.5 Å². The van der Waals surface area contributed by atoms with Gasteiger partial charge in [-0.3, -0.25) is 0 Å². The minimum Gasteiger partial charge on any atom is -0.544 e. The maximum absolute atomic E-state index is 10.8. The summed E-state index contributed by atoms with van der Waals surface area (Å²) in [6, 6.07) is 8.72. The molecular formula is C23H32O2Si. The monoisotopic (exact) mass is 368 g/mol. The lowest BCUT2D eigenvalue weighted by atomic mass is 9.67. The number of hydrogen-bond donors (Lipinski definition) is 1. The lowest BCUT2D eigenvalue weighted by molar-refractivity contribution is 0.0458. The van der Waals surface area contributed by atoms with Crippen molar-refractivity contribution in [3.63, 3.8) is 0 Å². The Morgan fingerprint density at radius 3 is 2.46 bits per heavy atom. The molecule has 1 aromatic rings. The highest BCUT2D eigenvalue weighted by molar-refractivity contribution is 6.74. The highest BCUT2D eigenvalue weighted by Crippen LogP contribution is 2.54. The van der Waals surface area contributed by atoms with Crippen LogP contribution in [0.25, 0.3) is 5.57 Å².